The normalized spacial score (nSPS) is 19.2. The molecule has 8 heteroatoms. The molecule has 0 saturated carbocycles. The lowest BCUT2D eigenvalue weighted by Crippen LogP contribution is -2.32. The molecular formula is C15H15ClFN3O2S. The number of rotatable bonds is 3. The quantitative estimate of drug-likeness (QED) is 0.848. The van der Waals surface area contributed by atoms with E-state index in [9.17, 15) is 12.8 Å². The summed E-state index contributed by atoms with van der Waals surface area (Å²) in [5, 5.41) is -0.106. The lowest BCUT2D eigenvalue weighted by molar-refractivity contribution is 0.377. The maximum absolute atomic E-state index is 14.2. The highest BCUT2D eigenvalue weighted by molar-refractivity contribution is 7.89. The summed E-state index contributed by atoms with van der Waals surface area (Å²) in [6, 6.07) is 3.82. The van der Waals surface area contributed by atoms with Crippen LogP contribution in [-0.2, 0) is 10.0 Å². The van der Waals surface area contributed by atoms with Gasteiger partial charge in [0.25, 0.3) is 10.0 Å². The van der Waals surface area contributed by atoms with E-state index in [-0.39, 0.29) is 15.7 Å². The minimum absolute atomic E-state index is 0.0440. The van der Waals surface area contributed by atoms with E-state index >= 15 is 0 Å². The maximum atomic E-state index is 14.2. The Labute approximate surface area is 139 Å². The zero-order chi connectivity index (χ0) is 16.6. The summed E-state index contributed by atoms with van der Waals surface area (Å²) in [6.45, 7) is 2.13. The number of hydrogen-bond donors (Lipinski definition) is 0. The van der Waals surface area contributed by atoms with Gasteiger partial charge < -0.3 is 0 Å². The van der Waals surface area contributed by atoms with E-state index in [1.54, 1.807) is 6.07 Å². The molecule has 1 atom stereocenters. The Bertz CT molecular complexity index is 827. The number of sulfonamides is 1. The first-order chi connectivity index (χ1) is 10.9. The standard InChI is InChI=1S/C15H15ClFN3O2S/c1-10-4-5-13(19-9-10)23(21,22)20-8-2-3-12(20)15-14(17)11(16)6-7-18-15/h4-7,9,12H,2-3,8H2,1H3. The van der Waals surface area contributed by atoms with Crippen LogP contribution < -0.4 is 0 Å². The van der Waals surface area contributed by atoms with Crippen LogP contribution in [-0.4, -0.2) is 29.2 Å². The molecule has 1 unspecified atom stereocenters. The maximum Gasteiger partial charge on any atom is 0.261 e. The van der Waals surface area contributed by atoms with Crippen molar-refractivity contribution in [1.82, 2.24) is 14.3 Å². The van der Waals surface area contributed by atoms with Crippen LogP contribution in [0.25, 0.3) is 0 Å². The third kappa shape index (κ3) is 2.96. The second kappa shape index (κ2) is 6.14. The number of aromatic nitrogens is 2. The molecule has 0 aliphatic carbocycles. The van der Waals surface area contributed by atoms with Gasteiger partial charge in [-0.05, 0) is 37.5 Å². The molecule has 1 aliphatic heterocycles. The highest BCUT2D eigenvalue weighted by atomic mass is 35.5. The molecule has 3 heterocycles. The zero-order valence-corrected chi connectivity index (χ0v) is 14.0. The molecule has 2 aromatic heterocycles. The van der Waals surface area contributed by atoms with Crippen LogP contribution in [0, 0.1) is 12.7 Å². The van der Waals surface area contributed by atoms with Gasteiger partial charge in [0, 0.05) is 18.9 Å². The van der Waals surface area contributed by atoms with Crippen molar-refractivity contribution < 1.29 is 12.8 Å². The highest BCUT2D eigenvalue weighted by Crippen LogP contribution is 2.37. The van der Waals surface area contributed by atoms with E-state index in [4.69, 9.17) is 11.6 Å². The second-order valence-corrected chi connectivity index (χ2v) is 7.68. The minimum Gasteiger partial charge on any atom is -0.256 e. The fourth-order valence-corrected chi connectivity index (χ4v) is 4.42. The Kier molecular flexibility index (Phi) is 4.35. The van der Waals surface area contributed by atoms with Crippen LogP contribution >= 0.6 is 11.6 Å². The van der Waals surface area contributed by atoms with Crippen LogP contribution in [0.1, 0.15) is 30.1 Å². The van der Waals surface area contributed by atoms with Crippen molar-refractivity contribution >= 4 is 21.6 Å². The third-order valence-electron chi connectivity index (χ3n) is 3.85. The summed E-state index contributed by atoms with van der Waals surface area (Å²) in [4.78, 5) is 8.00. The van der Waals surface area contributed by atoms with Crippen molar-refractivity contribution in [1.29, 1.82) is 0 Å². The molecule has 0 amide bonds. The number of nitrogens with zero attached hydrogens (tertiary/aromatic N) is 3. The fraction of sp³-hybridized carbons (Fsp3) is 0.333. The number of halogens is 2. The van der Waals surface area contributed by atoms with Crippen LogP contribution in [0.4, 0.5) is 4.39 Å². The summed E-state index contributed by atoms with van der Waals surface area (Å²) in [6.07, 6.45) is 4.00. The first kappa shape index (κ1) is 16.3. The monoisotopic (exact) mass is 355 g/mol. The van der Waals surface area contributed by atoms with Gasteiger partial charge in [0.15, 0.2) is 10.8 Å². The minimum atomic E-state index is -3.81. The van der Waals surface area contributed by atoms with Crippen LogP contribution in [0.5, 0.6) is 0 Å². The number of aryl methyl sites for hydroxylation is 1. The first-order valence-corrected chi connectivity index (χ1v) is 8.97. The molecule has 23 heavy (non-hydrogen) atoms. The van der Waals surface area contributed by atoms with E-state index in [1.165, 1.54) is 28.8 Å². The molecule has 0 radical (unpaired) electrons. The SMILES string of the molecule is Cc1ccc(S(=O)(=O)N2CCCC2c2nccc(Cl)c2F)nc1. The smallest absolute Gasteiger partial charge is 0.256 e. The van der Waals surface area contributed by atoms with Gasteiger partial charge in [-0.2, -0.15) is 4.31 Å². The summed E-state index contributed by atoms with van der Waals surface area (Å²) in [7, 11) is -3.81. The fourth-order valence-electron chi connectivity index (χ4n) is 2.70. The van der Waals surface area contributed by atoms with Gasteiger partial charge in [-0.15, -0.1) is 0 Å². The van der Waals surface area contributed by atoms with Crippen LogP contribution in [0.3, 0.4) is 0 Å². The van der Waals surface area contributed by atoms with Crippen LogP contribution in [0.15, 0.2) is 35.6 Å². The summed E-state index contributed by atoms with van der Waals surface area (Å²) >= 11 is 5.79. The van der Waals surface area contributed by atoms with Gasteiger partial charge >= 0.3 is 0 Å². The molecule has 2 aromatic rings. The van der Waals surface area contributed by atoms with Crippen molar-refractivity contribution in [3.05, 3.63) is 52.7 Å². The average molecular weight is 356 g/mol. The molecule has 122 valence electrons. The highest BCUT2D eigenvalue weighted by Gasteiger charge is 2.39. The molecule has 0 spiro atoms. The molecule has 5 nitrogen and oxygen atoms in total. The van der Waals surface area contributed by atoms with Gasteiger partial charge in [0.2, 0.25) is 0 Å². The summed E-state index contributed by atoms with van der Waals surface area (Å²) < 4.78 is 41.1. The molecule has 1 saturated heterocycles. The predicted molar refractivity (Wildman–Crippen MR) is 84.0 cm³/mol. The Hall–Kier alpha value is -1.57. The first-order valence-electron chi connectivity index (χ1n) is 7.15. The Balaban J connectivity index is 2.01. The molecule has 0 N–H and O–H groups in total. The second-order valence-electron chi connectivity index (χ2n) is 5.44. The van der Waals surface area contributed by atoms with Crippen molar-refractivity contribution in [2.45, 2.75) is 30.8 Å². The molecule has 1 aliphatic rings. The topological polar surface area (TPSA) is 63.2 Å². The molecule has 3 rings (SSSR count). The van der Waals surface area contributed by atoms with Crippen molar-refractivity contribution in [3.63, 3.8) is 0 Å². The van der Waals surface area contributed by atoms with E-state index in [1.807, 2.05) is 6.92 Å². The Morgan fingerprint density at radius 2 is 2.09 bits per heavy atom. The zero-order valence-electron chi connectivity index (χ0n) is 12.4. The van der Waals surface area contributed by atoms with Crippen molar-refractivity contribution in [2.24, 2.45) is 0 Å². The predicted octanol–water partition coefficient (Wildman–Crippen LogP) is 3.10. The van der Waals surface area contributed by atoms with E-state index in [2.05, 4.69) is 9.97 Å². The Morgan fingerprint density at radius 3 is 2.78 bits per heavy atom. The number of hydrogen-bond acceptors (Lipinski definition) is 4. The molecule has 0 bridgehead atoms. The van der Waals surface area contributed by atoms with Crippen molar-refractivity contribution in [3.8, 4) is 0 Å². The molecule has 1 fully saturated rings. The number of pyridine rings is 2. The summed E-state index contributed by atoms with van der Waals surface area (Å²) in [5.74, 6) is -0.668. The van der Waals surface area contributed by atoms with Gasteiger partial charge in [0.1, 0.15) is 0 Å². The molecule has 0 aromatic carbocycles. The van der Waals surface area contributed by atoms with Gasteiger partial charge in [-0.1, -0.05) is 17.7 Å². The summed E-state index contributed by atoms with van der Waals surface area (Å²) in [5.41, 5.74) is 0.926. The van der Waals surface area contributed by atoms with Crippen molar-refractivity contribution in [2.75, 3.05) is 6.54 Å². The lowest BCUT2D eigenvalue weighted by Gasteiger charge is -2.23. The van der Waals surface area contributed by atoms with Gasteiger partial charge in [0.05, 0.1) is 16.8 Å². The molecular weight excluding hydrogens is 341 g/mol. The Morgan fingerprint density at radius 1 is 1.30 bits per heavy atom. The van der Waals surface area contributed by atoms with Gasteiger partial charge in [-0.25, -0.2) is 17.8 Å². The van der Waals surface area contributed by atoms with Crippen LogP contribution in [0.2, 0.25) is 5.02 Å². The van der Waals surface area contributed by atoms with Gasteiger partial charge in [-0.3, -0.25) is 4.98 Å². The van der Waals surface area contributed by atoms with E-state index in [0.29, 0.717) is 19.4 Å². The van der Waals surface area contributed by atoms with E-state index in [0.717, 1.165) is 5.56 Å². The average Bonchev–Trinajstić information content (AvgIpc) is 3.00. The third-order valence-corrected chi connectivity index (χ3v) is 5.96. The lowest BCUT2D eigenvalue weighted by atomic mass is 10.1. The van der Waals surface area contributed by atoms with E-state index < -0.39 is 21.9 Å². The largest absolute Gasteiger partial charge is 0.261 e.